The van der Waals surface area contributed by atoms with Crippen LogP contribution in [0.25, 0.3) is 22.8 Å². The molecule has 0 fully saturated rings. The van der Waals surface area contributed by atoms with Crippen molar-refractivity contribution in [2.24, 2.45) is 0 Å². The summed E-state index contributed by atoms with van der Waals surface area (Å²) in [5.41, 5.74) is 3.72. The average Bonchev–Trinajstić information content (AvgIpc) is 3.38. The van der Waals surface area contributed by atoms with Crippen LogP contribution < -0.4 is 10.1 Å². The van der Waals surface area contributed by atoms with Crippen molar-refractivity contribution in [2.45, 2.75) is 58.6 Å². The Morgan fingerprint density at radius 2 is 1.54 bits per heavy atom. The number of carboxylic acid groups (broad SMARTS) is 1. The minimum atomic E-state index is -1.11. The molecular formula is C31H33N3O5. The number of ether oxygens (including phenoxy) is 1. The summed E-state index contributed by atoms with van der Waals surface area (Å²) in [5, 5.41) is 16.4. The van der Waals surface area contributed by atoms with Crippen LogP contribution in [0.3, 0.4) is 0 Å². The largest absolute Gasteiger partial charge is 0.491 e. The normalized spacial score (nSPS) is 12.3. The molecule has 0 aliphatic carbocycles. The monoisotopic (exact) mass is 527 g/mol. The molecule has 0 spiro atoms. The fourth-order valence-corrected chi connectivity index (χ4v) is 4.00. The van der Waals surface area contributed by atoms with E-state index in [1.54, 1.807) is 36.4 Å². The highest BCUT2D eigenvalue weighted by Crippen LogP contribution is 2.25. The smallest absolute Gasteiger partial charge is 0.326 e. The highest BCUT2D eigenvalue weighted by atomic mass is 16.5. The number of nitrogens with zero attached hydrogens (tertiary/aromatic N) is 2. The highest BCUT2D eigenvalue weighted by Gasteiger charge is 2.22. The van der Waals surface area contributed by atoms with Crippen LogP contribution in [0.2, 0.25) is 0 Å². The van der Waals surface area contributed by atoms with Gasteiger partial charge in [0.25, 0.3) is 11.8 Å². The molecule has 0 saturated carbocycles. The quantitative estimate of drug-likeness (QED) is 0.278. The Labute approximate surface area is 228 Å². The van der Waals surface area contributed by atoms with E-state index in [1.807, 2.05) is 50.2 Å². The van der Waals surface area contributed by atoms with Gasteiger partial charge in [0.15, 0.2) is 0 Å². The topological polar surface area (TPSA) is 115 Å². The summed E-state index contributed by atoms with van der Waals surface area (Å²) >= 11 is 0. The number of amides is 1. The van der Waals surface area contributed by atoms with Crippen LogP contribution in [0.15, 0.2) is 77.3 Å². The van der Waals surface area contributed by atoms with E-state index in [-0.39, 0.29) is 17.9 Å². The third-order valence-electron chi connectivity index (χ3n) is 6.17. The van der Waals surface area contributed by atoms with E-state index in [1.165, 1.54) is 0 Å². The van der Waals surface area contributed by atoms with Gasteiger partial charge in [0.1, 0.15) is 11.8 Å². The number of hydrogen-bond donors (Lipinski definition) is 2. The predicted molar refractivity (Wildman–Crippen MR) is 149 cm³/mol. The van der Waals surface area contributed by atoms with Crippen LogP contribution in [0.4, 0.5) is 0 Å². The third kappa shape index (κ3) is 7.10. The number of aliphatic carboxylic acids is 1. The van der Waals surface area contributed by atoms with Gasteiger partial charge in [-0.2, -0.15) is 4.98 Å². The second kappa shape index (κ2) is 11.5. The summed E-state index contributed by atoms with van der Waals surface area (Å²) in [6.07, 6.45) is 0.214. The number of carbonyl (C=O) groups is 2. The molecule has 0 unspecified atom stereocenters. The van der Waals surface area contributed by atoms with Crippen molar-refractivity contribution < 1.29 is 24.0 Å². The lowest BCUT2D eigenvalue weighted by Crippen LogP contribution is -2.42. The van der Waals surface area contributed by atoms with Gasteiger partial charge in [-0.1, -0.05) is 62.3 Å². The Balaban J connectivity index is 1.41. The van der Waals surface area contributed by atoms with E-state index >= 15 is 0 Å². The van der Waals surface area contributed by atoms with Gasteiger partial charge >= 0.3 is 5.97 Å². The molecule has 39 heavy (non-hydrogen) atoms. The van der Waals surface area contributed by atoms with Crippen molar-refractivity contribution in [3.8, 4) is 28.6 Å². The summed E-state index contributed by atoms with van der Waals surface area (Å²) in [7, 11) is 0. The van der Waals surface area contributed by atoms with E-state index < -0.39 is 17.9 Å². The van der Waals surface area contributed by atoms with E-state index in [2.05, 4.69) is 36.2 Å². The molecule has 1 heterocycles. The first kappa shape index (κ1) is 27.6. The Kier molecular flexibility index (Phi) is 8.14. The van der Waals surface area contributed by atoms with Crippen molar-refractivity contribution in [1.82, 2.24) is 15.5 Å². The fourth-order valence-electron chi connectivity index (χ4n) is 4.00. The number of rotatable bonds is 9. The highest BCUT2D eigenvalue weighted by molar-refractivity contribution is 5.96. The van der Waals surface area contributed by atoms with E-state index in [9.17, 15) is 14.7 Å². The van der Waals surface area contributed by atoms with Crippen molar-refractivity contribution in [2.75, 3.05) is 0 Å². The van der Waals surface area contributed by atoms with Crippen LogP contribution >= 0.6 is 0 Å². The maximum atomic E-state index is 12.7. The van der Waals surface area contributed by atoms with Crippen LogP contribution in [0.5, 0.6) is 5.75 Å². The molecule has 0 aliphatic heterocycles. The van der Waals surface area contributed by atoms with Crippen molar-refractivity contribution in [1.29, 1.82) is 0 Å². The second-order valence-corrected chi connectivity index (χ2v) is 10.7. The first-order chi connectivity index (χ1) is 18.5. The summed E-state index contributed by atoms with van der Waals surface area (Å²) in [5.74, 6) is 0.0301. The number of nitrogens with one attached hydrogen (secondary N) is 1. The Bertz CT molecular complexity index is 1420. The van der Waals surface area contributed by atoms with Gasteiger partial charge < -0.3 is 19.7 Å². The maximum absolute atomic E-state index is 12.7. The molecule has 0 aliphatic rings. The molecule has 4 rings (SSSR count). The molecule has 202 valence electrons. The first-order valence-corrected chi connectivity index (χ1v) is 12.8. The molecule has 0 bridgehead atoms. The molecule has 1 amide bonds. The molecule has 1 atom stereocenters. The van der Waals surface area contributed by atoms with Gasteiger partial charge in [-0.3, -0.25) is 4.79 Å². The number of carboxylic acids is 1. The lowest BCUT2D eigenvalue weighted by atomic mass is 9.86. The average molecular weight is 528 g/mol. The molecule has 8 heteroatoms. The number of benzene rings is 3. The van der Waals surface area contributed by atoms with Gasteiger partial charge in [0.05, 0.1) is 6.10 Å². The van der Waals surface area contributed by atoms with E-state index in [0.29, 0.717) is 17.3 Å². The predicted octanol–water partition coefficient (Wildman–Crippen LogP) is 5.91. The minimum absolute atomic E-state index is 0.0396. The Morgan fingerprint density at radius 3 is 2.10 bits per heavy atom. The number of carbonyl (C=O) groups excluding carboxylic acids is 1. The first-order valence-electron chi connectivity index (χ1n) is 12.8. The standard InChI is InChI=1S/C31H33N3O5/c1-19(2)38-25-16-12-23(13-17-25)29-33-27(34-39-29)21-8-6-20(7-9-21)18-26(30(36)37)32-28(35)22-10-14-24(15-11-22)31(3,4)5/h6-17,19,26H,18H2,1-5H3,(H,32,35)(H,36,37)/t26-/m0/s1. The molecular weight excluding hydrogens is 494 g/mol. The fraction of sp³-hybridized carbons (Fsp3) is 0.290. The SMILES string of the molecule is CC(C)Oc1ccc(-c2nc(-c3ccc(C[C@H](NC(=O)c4ccc(C(C)(C)C)cc4)C(=O)O)cc3)no2)cc1. The molecule has 2 N–H and O–H groups in total. The van der Waals surface area contributed by atoms with Crippen molar-refractivity contribution >= 4 is 11.9 Å². The number of aromatic nitrogens is 2. The Hall–Kier alpha value is -4.46. The van der Waals surface area contributed by atoms with Crippen molar-refractivity contribution in [3.63, 3.8) is 0 Å². The molecule has 0 saturated heterocycles. The number of hydrogen-bond acceptors (Lipinski definition) is 6. The molecule has 1 aromatic heterocycles. The van der Waals surface area contributed by atoms with Crippen LogP contribution in [0, 0.1) is 0 Å². The third-order valence-corrected chi connectivity index (χ3v) is 6.17. The molecule has 4 aromatic rings. The van der Waals surface area contributed by atoms with Gasteiger partial charge in [-0.15, -0.1) is 0 Å². The zero-order valence-electron chi connectivity index (χ0n) is 22.8. The minimum Gasteiger partial charge on any atom is -0.491 e. The van der Waals surface area contributed by atoms with Crippen LogP contribution in [0.1, 0.15) is 56.1 Å². The van der Waals surface area contributed by atoms with Gasteiger partial charge in [-0.25, -0.2) is 4.79 Å². The molecule has 0 radical (unpaired) electrons. The molecule has 8 nitrogen and oxygen atoms in total. The van der Waals surface area contributed by atoms with Gasteiger partial charge in [0, 0.05) is 23.1 Å². The Morgan fingerprint density at radius 1 is 0.923 bits per heavy atom. The van der Waals surface area contributed by atoms with Crippen LogP contribution in [-0.4, -0.2) is 39.3 Å². The maximum Gasteiger partial charge on any atom is 0.326 e. The summed E-state index contributed by atoms with van der Waals surface area (Å²) < 4.78 is 11.1. The summed E-state index contributed by atoms with van der Waals surface area (Å²) in [4.78, 5) is 29.1. The zero-order chi connectivity index (χ0) is 28.2. The molecule has 3 aromatic carbocycles. The van der Waals surface area contributed by atoms with Gasteiger partial charge in [-0.05, 0) is 66.8 Å². The summed E-state index contributed by atoms with van der Waals surface area (Å²) in [6.45, 7) is 10.2. The van der Waals surface area contributed by atoms with Gasteiger partial charge in [0.2, 0.25) is 5.82 Å². The van der Waals surface area contributed by atoms with E-state index in [0.717, 1.165) is 28.0 Å². The van der Waals surface area contributed by atoms with Crippen molar-refractivity contribution in [3.05, 3.63) is 89.5 Å². The lowest BCUT2D eigenvalue weighted by molar-refractivity contribution is -0.139. The van der Waals surface area contributed by atoms with Crippen LogP contribution in [-0.2, 0) is 16.6 Å². The second-order valence-electron chi connectivity index (χ2n) is 10.7. The van der Waals surface area contributed by atoms with E-state index in [4.69, 9.17) is 9.26 Å². The summed E-state index contributed by atoms with van der Waals surface area (Å²) in [6, 6.07) is 20.8. The lowest BCUT2D eigenvalue weighted by Gasteiger charge is -2.19. The zero-order valence-corrected chi connectivity index (χ0v) is 22.8.